The summed E-state index contributed by atoms with van der Waals surface area (Å²) in [5.41, 5.74) is 1.56. The average Bonchev–Trinajstić information content (AvgIpc) is 2.74. The molecule has 1 aromatic heterocycles. The number of carbonyl (C=O) groups is 1. The van der Waals surface area contributed by atoms with E-state index >= 15 is 0 Å². The summed E-state index contributed by atoms with van der Waals surface area (Å²) < 4.78 is 6.56. The van der Waals surface area contributed by atoms with Crippen molar-refractivity contribution in [2.75, 3.05) is 27.2 Å². The van der Waals surface area contributed by atoms with E-state index in [9.17, 15) is 9.59 Å². The van der Waals surface area contributed by atoms with Crippen LogP contribution in [0.1, 0.15) is 10.4 Å². The molecule has 0 radical (unpaired) electrons. The maximum Gasteiger partial charge on any atom is 0.420 e. The van der Waals surface area contributed by atoms with E-state index in [-0.39, 0.29) is 5.91 Å². The largest absolute Gasteiger partial charge is 0.420 e. The van der Waals surface area contributed by atoms with Gasteiger partial charge in [-0.1, -0.05) is 6.08 Å². The van der Waals surface area contributed by atoms with Crippen molar-refractivity contribution in [3.63, 3.8) is 0 Å². The summed E-state index contributed by atoms with van der Waals surface area (Å²) in [6, 6.07) is 4.94. The molecule has 0 saturated heterocycles. The van der Waals surface area contributed by atoms with Crippen LogP contribution in [-0.4, -0.2) is 42.6 Å². The molecule has 2 aromatic rings. The van der Waals surface area contributed by atoms with Crippen molar-refractivity contribution in [3.05, 3.63) is 47.0 Å². The molecule has 1 heterocycles. The van der Waals surface area contributed by atoms with Gasteiger partial charge in [-0.2, -0.15) is 0 Å². The molecule has 6 nitrogen and oxygen atoms in total. The number of hydrogen-bond acceptors (Lipinski definition) is 4. The number of hydrogen-bond donors (Lipinski definition) is 1. The quantitative estimate of drug-likeness (QED) is 0.808. The first-order chi connectivity index (χ1) is 10.0. The highest BCUT2D eigenvalue weighted by molar-refractivity contribution is 5.97. The number of benzene rings is 1. The van der Waals surface area contributed by atoms with Crippen molar-refractivity contribution in [3.8, 4) is 0 Å². The van der Waals surface area contributed by atoms with Gasteiger partial charge in [0.15, 0.2) is 5.58 Å². The van der Waals surface area contributed by atoms with Gasteiger partial charge >= 0.3 is 5.76 Å². The molecule has 0 saturated carbocycles. The highest BCUT2D eigenvalue weighted by atomic mass is 16.4. The van der Waals surface area contributed by atoms with E-state index in [4.69, 9.17) is 4.42 Å². The Balaban J connectivity index is 2.25. The Morgan fingerprint density at radius 3 is 2.90 bits per heavy atom. The molecule has 1 amide bonds. The fraction of sp³-hybridized carbons (Fsp3) is 0.333. The van der Waals surface area contributed by atoms with Crippen LogP contribution in [0.3, 0.4) is 0 Å². The summed E-state index contributed by atoms with van der Waals surface area (Å²) in [7, 11) is 3.88. The number of nitrogens with zero attached hydrogens (tertiary/aromatic N) is 2. The van der Waals surface area contributed by atoms with Crippen molar-refractivity contribution < 1.29 is 9.21 Å². The molecule has 0 aliphatic heterocycles. The minimum absolute atomic E-state index is 0.169. The standard InChI is InChI=1S/C15H19N3O3/c1-4-8-18-12-10-11(5-6-13(12)21-15(18)20)14(19)16-7-9-17(2)3/h4-6,10H,1,7-9H2,2-3H3,(H,16,19). The molecule has 0 bridgehead atoms. The first-order valence-corrected chi connectivity index (χ1v) is 6.70. The summed E-state index contributed by atoms with van der Waals surface area (Å²) in [5.74, 6) is -0.618. The fourth-order valence-corrected chi connectivity index (χ4v) is 2.00. The van der Waals surface area contributed by atoms with Crippen LogP contribution < -0.4 is 11.1 Å². The van der Waals surface area contributed by atoms with E-state index in [2.05, 4.69) is 11.9 Å². The van der Waals surface area contributed by atoms with Crippen LogP contribution in [-0.2, 0) is 6.54 Å². The van der Waals surface area contributed by atoms with Gasteiger partial charge in [0.05, 0.1) is 5.52 Å². The fourth-order valence-electron chi connectivity index (χ4n) is 2.00. The number of allylic oxidation sites excluding steroid dienone is 1. The number of oxazole rings is 1. The van der Waals surface area contributed by atoms with Crippen LogP contribution in [0.5, 0.6) is 0 Å². The van der Waals surface area contributed by atoms with Gasteiger partial charge in [0.2, 0.25) is 0 Å². The van der Waals surface area contributed by atoms with E-state index in [1.54, 1.807) is 24.3 Å². The number of amides is 1. The third-order valence-corrected chi connectivity index (χ3v) is 3.09. The molecule has 112 valence electrons. The Hall–Kier alpha value is -2.34. The Kier molecular flexibility index (Phi) is 4.59. The van der Waals surface area contributed by atoms with Crippen LogP contribution >= 0.6 is 0 Å². The van der Waals surface area contributed by atoms with Crippen molar-refractivity contribution in [2.24, 2.45) is 0 Å². The number of rotatable bonds is 6. The molecule has 0 aliphatic rings. The summed E-state index contributed by atoms with van der Waals surface area (Å²) >= 11 is 0. The van der Waals surface area contributed by atoms with Gasteiger partial charge < -0.3 is 14.6 Å². The lowest BCUT2D eigenvalue weighted by atomic mass is 10.2. The zero-order chi connectivity index (χ0) is 15.4. The smallest absolute Gasteiger partial charge is 0.408 e. The molecule has 6 heteroatoms. The Labute approximate surface area is 122 Å². The molecule has 1 aromatic carbocycles. The molecule has 0 aliphatic carbocycles. The predicted octanol–water partition coefficient (Wildman–Crippen LogP) is 1.07. The molecule has 2 rings (SSSR count). The highest BCUT2D eigenvalue weighted by Gasteiger charge is 2.12. The van der Waals surface area contributed by atoms with Gasteiger partial charge in [0, 0.05) is 25.2 Å². The monoisotopic (exact) mass is 289 g/mol. The Bertz CT molecular complexity index is 713. The number of fused-ring (bicyclic) bond motifs is 1. The molecule has 0 spiro atoms. The second-order valence-electron chi connectivity index (χ2n) is 5.01. The number of nitrogens with one attached hydrogen (secondary N) is 1. The minimum atomic E-state index is -0.449. The summed E-state index contributed by atoms with van der Waals surface area (Å²) in [5, 5.41) is 2.83. The maximum absolute atomic E-state index is 12.1. The van der Waals surface area contributed by atoms with Gasteiger partial charge in [0.25, 0.3) is 5.91 Å². The lowest BCUT2D eigenvalue weighted by Gasteiger charge is -2.10. The zero-order valence-corrected chi connectivity index (χ0v) is 12.3. The molecule has 0 atom stereocenters. The number of carbonyl (C=O) groups excluding carboxylic acids is 1. The Morgan fingerprint density at radius 2 is 2.24 bits per heavy atom. The lowest BCUT2D eigenvalue weighted by molar-refractivity contribution is 0.0951. The van der Waals surface area contributed by atoms with Crippen molar-refractivity contribution >= 4 is 17.0 Å². The first kappa shape index (κ1) is 15.1. The zero-order valence-electron chi connectivity index (χ0n) is 12.3. The summed E-state index contributed by atoms with van der Waals surface area (Å²) in [4.78, 5) is 25.8. The molecule has 0 fully saturated rings. The predicted molar refractivity (Wildman–Crippen MR) is 81.6 cm³/mol. The van der Waals surface area contributed by atoms with E-state index in [0.717, 1.165) is 6.54 Å². The van der Waals surface area contributed by atoms with Gasteiger partial charge in [0.1, 0.15) is 0 Å². The third-order valence-electron chi connectivity index (χ3n) is 3.09. The Morgan fingerprint density at radius 1 is 1.48 bits per heavy atom. The van der Waals surface area contributed by atoms with Crippen LogP contribution in [0.15, 0.2) is 40.1 Å². The minimum Gasteiger partial charge on any atom is -0.408 e. The maximum atomic E-state index is 12.1. The first-order valence-electron chi connectivity index (χ1n) is 6.70. The van der Waals surface area contributed by atoms with Crippen LogP contribution in [0.4, 0.5) is 0 Å². The summed E-state index contributed by atoms with van der Waals surface area (Å²) in [6.07, 6.45) is 1.61. The van der Waals surface area contributed by atoms with E-state index < -0.39 is 5.76 Å². The normalized spacial score (nSPS) is 11.0. The van der Waals surface area contributed by atoms with Gasteiger partial charge in [-0.25, -0.2) is 4.79 Å². The van der Waals surface area contributed by atoms with Crippen LogP contribution in [0.25, 0.3) is 11.1 Å². The van der Waals surface area contributed by atoms with Gasteiger partial charge in [-0.15, -0.1) is 6.58 Å². The molecular weight excluding hydrogens is 270 g/mol. The van der Waals surface area contributed by atoms with Crippen molar-refractivity contribution in [1.82, 2.24) is 14.8 Å². The second-order valence-corrected chi connectivity index (χ2v) is 5.01. The van der Waals surface area contributed by atoms with Crippen molar-refractivity contribution in [2.45, 2.75) is 6.54 Å². The van der Waals surface area contributed by atoms with E-state index in [0.29, 0.717) is 29.8 Å². The lowest BCUT2D eigenvalue weighted by Crippen LogP contribution is -2.31. The third kappa shape index (κ3) is 3.41. The second kappa shape index (κ2) is 6.41. The number of likely N-dealkylation sites (N-methyl/N-ethyl adjacent to an activating group) is 1. The molecule has 21 heavy (non-hydrogen) atoms. The van der Waals surface area contributed by atoms with Gasteiger partial charge in [-0.05, 0) is 32.3 Å². The average molecular weight is 289 g/mol. The van der Waals surface area contributed by atoms with Crippen LogP contribution in [0, 0.1) is 0 Å². The number of aromatic nitrogens is 1. The van der Waals surface area contributed by atoms with Crippen molar-refractivity contribution in [1.29, 1.82) is 0 Å². The van der Waals surface area contributed by atoms with E-state index in [1.807, 2.05) is 19.0 Å². The van der Waals surface area contributed by atoms with Crippen LogP contribution in [0.2, 0.25) is 0 Å². The molecular formula is C15H19N3O3. The van der Waals surface area contributed by atoms with E-state index in [1.165, 1.54) is 4.57 Å². The molecule has 0 unspecified atom stereocenters. The topological polar surface area (TPSA) is 67.5 Å². The SMILES string of the molecule is C=CCn1c(=O)oc2ccc(C(=O)NCCN(C)C)cc21. The highest BCUT2D eigenvalue weighted by Crippen LogP contribution is 2.15. The summed E-state index contributed by atoms with van der Waals surface area (Å²) in [6.45, 7) is 5.29. The molecule has 1 N–H and O–H groups in total. The van der Waals surface area contributed by atoms with Gasteiger partial charge in [-0.3, -0.25) is 9.36 Å².